The third-order valence-corrected chi connectivity index (χ3v) is 3.88. The van der Waals surface area contributed by atoms with Gasteiger partial charge in [-0.1, -0.05) is 25.1 Å². The molecule has 0 heterocycles. The van der Waals surface area contributed by atoms with E-state index >= 15 is 0 Å². The minimum Gasteiger partial charge on any atom is -0.389 e. The lowest BCUT2D eigenvalue weighted by Crippen LogP contribution is -2.39. The average molecular weight is 243 g/mol. The fourth-order valence-corrected chi connectivity index (χ4v) is 2.24. The molecule has 1 unspecified atom stereocenters. The molecule has 0 bridgehead atoms. The van der Waals surface area contributed by atoms with Crippen molar-refractivity contribution in [2.45, 2.75) is 30.8 Å². The molecule has 0 radical (unpaired) electrons. The van der Waals surface area contributed by atoms with Gasteiger partial charge in [0.15, 0.2) is 0 Å². The lowest BCUT2D eigenvalue weighted by molar-refractivity contribution is 0.0613. The quantitative estimate of drug-likeness (QED) is 0.814. The monoisotopic (exact) mass is 243 g/mol. The SMILES string of the molecule is CCC(C)(O)CNS(=O)(=O)c1ccccc1. The fourth-order valence-electron chi connectivity index (χ4n) is 1.06. The summed E-state index contributed by atoms with van der Waals surface area (Å²) in [6.07, 6.45) is 0.490. The highest BCUT2D eigenvalue weighted by atomic mass is 32.2. The summed E-state index contributed by atoms with van der Waals surface area (Å²) >= 11 is 0. The van der Waals surface area contributed by atoms with Crippen LogP contribution in [0.25, 0.3) is 0 Å². The second kappa shape index (κ2) is 4.95. The first-order chi connectivity index (χ1) is 7.37. The van der Waals surface area contributed by atoms with Crippen LogP contribution < -0.4 is 4.72 Å². The van der Waals surface area contributed by atoms with Gasteiger partial charge in [0, 0.05) is 6.54 Å². The van der Waals surface area contributed by atoms with Gasteiger partial charge in [0.05, 0.1) is 10.5 Å². The smallest absolute Gasteiger partial charge is 0.240 e. The minimum absolute atomic E-state index is 0.0146. The Bertz CT molecular complexity index is 426. The molecule has 0 amide bonds. The van der Waals surface area contributed by atoms with Gasteiger partial charge in [0.1, 0.15) is 0 Å². The number of nitrogens with one attached hydrogen (secondary N) is 1. The molecule has 90 valence electrons. The van der Waals surface area contributed by atoms with Crippen LogP contribution in [0, 0.1) is 0 Å². The molecule has 1 aromatic carbocycles. The van der Waals surface area contributed by atoms with Gasteiger partial charge in [0.25, 0.3) is 0 Å². The summed E-state index contributed by atoms with van der Waals surface area (Å²) in [6, 6.07) is 8.10. The molecule has 1 atom stereocenters. The maximum atomic E-state index is 11.8. The molecule has 2 N–H and O–H groups in total. The van der Waals surface area contributed by atoms with E-state index in [1.54, 1.807) is 32.0 Å². The van der Waals surface area contributed by atoms with Crippen molar-refractivity contribution in [2.24, 2.45) is 0 Å². The summed E-state index contributed by atoms with van der Waals surface area (Å²) in [5, 5.41) is 9.71. The first-order valence-electron chi connectivity index (χ1n) is 5.14. The van der Waals surface area contributed by atoms with E-state index in [-0.39, 0.29) is 11.4 Å². The van der Waals surface area contributed by atoms with Gasteiger partial charge in [-0.2, -0.15) is 0 Å². The highest BCUT2D eigenvalue weighted by Gasteiger charge is 2.21. The molecular formula is C11H17NO3S. The average Bonchev–Trinajstić information content (AvgIpc) is 2.28. The molecule has 5 heteroatoms. The van der Waals surface area contributed by atoms with Crippen molar-refractivity contribution < 1.29 is 13.5 Å². The van der Waals surface area contributed by atoms with Crippen LogP contribution in [0.15, 0.2) is 35.2 Å². The van der Waals surface area contributed by atoms with Crippen molar-refractivity contribution in [1.82, 2.24) is 4.72 Å². The van der Waals surface area contributed by atoms with E-state index in [0.29, 0.717) is 6.42 Å². The van der Waals surface area contributed by atoms with Crippen LogP contribution in [0.1, 0.15) is 20.3 Å². The molecule has 1 rings (SSSR count). The largest absolute Gasteiger partial charge is 0.389 e. The Labute approximate surface area is 96.4 Å². The van der Waals surface area contributed by atoms with E-state index in [0.717, 1.165) is 0 Å². The maximum Gasteiger partial charge on any atom is 0.240 e. The number of rotatable bonds is 5. The van der Waals surface area contributed by atoms with Gasteiger partial charge in [-0.3, -0.25) is 0 Å². The van der Waals surface area contributed by atoms with E-state index in [1.807, 2.05) is 0 Å². The van der Waals surface area contributed by atoms with Crippen molar-refractivity contribution in [2.75, 3.05) is 6.54 Å². The molecule has 0 spiro atoms. The molecule has 0 aliphatic heterocycles. The van der Waals surface area contributed by atoms with Gasteiger partial charge in [-0.05, 0) is 25.5 Å². The molecule has 0 aliphatic carbocycles. The van der Waals surface area contributed by atoms with E-state index in [9.17, 15) is 13.5 Å². The van der Waals surface area contributed by atoms with Crippen molar-refractivity contribution >= 4 is 10.0 Å². The van der Waals surface area contributed by atoms with Crippen LogP contribution in [0.4, 0.5) is 0 Å². The molecule has 0 saturated carbocycles. The number of aliphatic hydroxyl groups is 1. The highest BCUT2D eigenvalue weighted by molar-refractivity contribution is 7.89. The molecule has 0 aromatic heterocycles. The third-order valence-electron chi connectivity index (χ3n) is 2.46. The zero-order valence-corrected chi connectivity index (χ0v) is 10.3. The number of hydrogen-bond donors (Lipinski definition) is 2. The Morgan fingerprint density at radius 2 is 1.88 bits per heavy atom. The van der Waals surface area contributed by atoms with Crippen LogP contribution in [0.3, 0.4) is 0 Å². The summed E-state index contributed by atoms with van der Waals surface area (Å²) in [6.45, 7) is 3.41. The first-order valence-corrected chi connectivity index (χ1v) is 6.63. The Balaban J connectivity index is 2.75. The lowest BCUT2D eigenvalue weighted by atomic mass is 10.1. The lowest BCUT2D eigenvalue weighted by Gasteiger charge is -2.21. The number of hydrogen-bond acceptors (Lipinski definition) is 3. The van der Waals surface area contributed by atoms with Crippen molar-refractivity contribution in [3.8, 4) is 0 Å². The Hall–Kier alpha value is -0.910. The second-order valence-electron chi connectivity index (χ2n) is 3.99. The molecular weight excluding hydrogens is 226 g/mol. The molecule has 4 nitrogen and oxygen atoms in total. The van der Waals surface area contributed by atoms with Crippen LogP contribution in [-0.4, -0.2) is 25.7 Å². The summed E-state index contributed by atoms with van der Waals surface area (Å²) in [7, 11) is -3.51. The third kappa shape index (κ3) is 3.59. The second-order valence-corrected chi connectivity index (χ2v) is 5.76. The zero-order valence-electron chi connectivity index (χ0n) is 9.47. The van der Waals surface area contributed by atoms with Crippen molar-refractivity contribution in [1.29, 1.82) is 0 Å². The summed E-state index contributed by atoms with van der Waals surface area (Å²) in [4.78, 5) is 0.210. The van der Waals surface area contributed by atoms with Gasteiger partial charge >= 0.3 is 0 Å². The van der Waals surface area contributed by atoms with Gasteiger partial charge in [-0.15, -0.1) is 0 Å². The van der Waals surface area contributed by atoms with Crippen molar-refractivity contribution in [3.05, 3.63) is 30.3 Å². The Morgan fingerprint density at radius 1 is 1.31 bits per heavy atom. The number of sulfonamides is 1. The van der Waals surface area contributed by atoms with E-state index in [1.165, 1.54) is 12.1 Å². The van der Waals surface area contributed by atoms with Crippen LogP contribution in [0.2, 0.25) is 0 Å². The number of benzene rings is 1. The standard InChI is InChI=1S/C11H17NO3S/c1-3-11(2,13)9-12-16(14,15)10-7-5-4-6-8-10/h4-8,12-13H,3,9H2,1-2H3. The summed E-state index contributed by atoms with van der Waals surface area (Å²) in [5.41, 5.74) is -1.01. The predicted octanol–water partition coefficient (Wildman–Crippen LogP) is 1.13. The predicted molar refractivity (Wildman–Crippen MR) is 62.5 cm³/mol. The van der Waals surface area contributed by atoms with Crippen LogP contribution >= 0.6 is 0 Å². The Kier molecular flexibility index (Phi) is 4.07. The first kappa shape index (κ1) is 13.2. The molecule has 1 aromatic rings. The van der Waals surface area contributed by atoms with Crippen LogP contribution in [-0.2, 0) is 10.0 Å². The zero-order chi connectivity index (χ0) is 12.2. The van der Waals surface area contributed by atoms with E-state index < -0.39 is 15.6 Å². The summed E-state index contributed by atoms with van der Waals surface area (Å²) < 4.78 is 25.9. The van der Waals surface area contributed by atoms with Gasteiger partial charge < -0.3 is 5.11 Å². The van der Waals surface area contributed by atoms with E-state index in [2.05, 4.69) is 4.72 Å². The normalized spacial score (nSPS) is 15.7. The minimum atomic E-state index is -3.51. The molecule has 0 aliphatic rings. The molecule has 0 fully saturated rings. The van der Waals surface area contributed by atoms with Crippen molar-refractivity contribution in [3.63, 3.8) is 0 Å². The molecule has 16 heavy (non-hydrogen) atoms. The Morgan fingerprint density at radius 3 is 2.38 bits per heavy atom. The van der Waals surface area contributed by atoms with E-state index in [4.69, 9.17) is 0 Å². The summed E-state index contributed by atoms with van der Waals surface area (Å²) in [5.74, 6) is 0. The topological polar surface area (TPSA) is 66.4 Å². The van der Waals surface area contributed by atoms with Gasteiger partial charge in [0.2, 0.25) is 10.0 Å². The van der Waals surface area contributed by atoms with Crippen LogP contribution in [0.5, 0.6) is 0 Å². The maximum absolute atomic E-state index is 11.8. The highest BCUT2D eigenvalue weighted by Crippen LogP contribution is 2.10. The molecule has 0 saturated heterocycles. The fraction of sp³-hybridized carbons (Fsp3) is 0.455. The van der Waals surface area contributed by atoms with Gasteiger partial charge in [-0.25, -0.2) is 13.1 Å².